The predicted molar refractivity (Wildman–Crippen MR) is 78.2 cm³/mol. The largest absolute Gasteiger partial charge is 0.441 e. The van der Waals surface area contributed by atoms with Crippen LogP contribution < -0.4 is 5.32 Å². The number of carbonyl (C=O) groups is 1. The van der Waals surface area contributed by atoms with Crippen LogP contribution in [-0.4, -0.2) is 10.9 Å². The third kappa shape index (κ3) is 2.51. The van der Waals surface area contributed by atoms with Crippen LogP contribution in [0.3, 0.4) is 0 Å². The summed E-state index contributed by atoms with van der Waals surface area (Å²) in [5.41, 5.74) is 2.58. The van der Waals surface area contributed by atoms with Gasteiger partial charge in [0.2, 0.25) is 0 Å². The quantitative estimate of drug-likeness (QED) is 0.773. The second kappa shape index (κ2) is 4.98. The first kappa shape index (κ1) is 12.7. The van der Waals surface area contributed by atoms with Gasteiger partial charge in [0.25, 0.3) is 5.91 Å². The normalized spacial score (nSPS) is 10.7. The van der Waals surface area contributed by atoms with Gasteiger partial charge in [0.15, 0.2) is 11.5 Å². The molecule has 20 heavy (non-hydrogen) atoms. The molecule has 100 valence electrons. The Kier molecular flexibility index (Phi) is 3.16. The Bertz CT molecular complexity index is 795. The molecule has 3 rings (SSSR count). The summed E-state index contributed by atoms with van der Waals surface area (Å²) in [4.78, 5) is 16.3. The Hall–Kier alpha value is -2.33. The van der Waals surface area contributed by atoms with E-state index >= 15 is 0 Å². The number of halogens is 1. The van der Waals surface area contributed by atoms with E-state index in [0.717, 1.165) is 0 Å². The van der Waals surface area contributed by atoms with Crippen molar-refractivity contribution < 1.29 is 9.21 Å². The molecule has 1 aromatic heterocycles. The van der Waals surface area contributed by atoms with Crippen molar-refractivity contribution in [2.45, 2.75) is 6.92 Å². The standard InChI is InChI=1S/C15H11ClN2O2/c1-9-17-13-8-12(5-6-14(13)20-9)18-15(19)10-3-2-4-11(16)7-10/h2-8H,1H3,(H,18,19). The molecule has 0 fully saturated rings. The van der Waals surface area contributed by atoms with Crippen LogP contribution in [0.1, 0.15) is 16.2 Å². The molecule has 0 aliphatic heterocycles. The number of hydrogen-bond acceptors (Lipinski definition) is 3. The lowest BCUT2D eigenvalue weighted by atomic mass is 10.2. The van der Waals surface area contributed by atoms with Gasteiger partial charge in [-0.2, -0.15) is 0 Å². The fraction of sp³-hybridized carbons (Fsp3) is 0.0667. The third-order valence-corrected chi connectivity index (χ3v) is 3.07. The van der Waals surface area contributed by atoms with Crippen molar-refractivity contribution >= 4 is 34.3 Å². The maximum Gasteiger partial charge on any atom is 0.255 e. The van der Waals surface area contributed by atoms with E-state index in [1.807, 2.05) is 0 Å². The Morgan fingerprint density at radius 3 is 2.90 bits per heavy atom. The Labute approximate surface area is 120 Å². The van der Waals surface area contributed by atoms with E-state index in [2.05, 4.69) is 10.3 Å². The van der Waals surface area contributed by atoms with Crippen LogP contribution in [0.2, 0.25) is 5.02 Å². The molecule has 0 unspecified atom stereocenters. The molecule has 0 saturated carbocycles. The molecule has 4 nitrogen and oxygen atoms in total. The highest BCUT2D eigenvalue weighted by atomic mass is 35.5. The van der Waals surface area contributed by atoms with Crippen molar-refractivity contribution in [3.63, 3.8) is 0 Å². The number of oxazole rings is 1. The first-order chi connectivity index (χ1) is 9.61. The third-order valence-electron chi connectivity index (χ3n) is 2.84. The van der Waals surface area contributed by atoms with Crippen molar-refractivity contribution in [3.05, 3.63) is 58.9 Å². The van der Waals surface area contributed by atoms with Gasteiger partial charge >= 0.3 is 0 Å². The van der Waals surface area contributed by atoms with E-state index in [-0.39, 0.29) is 5.91 Å². The van der Waals surface area contributed by atoms with Gasteiger partial charge in [0.1, 0.15) is 5.52 Å². The summed E-state index contributed by atoms with van der Waals surface area (Å²) in [7, 11) is 0. The summed E-state index contributed by atoms with van der Waals surface area (Å²) < 4.78 is 5.39. The minimum atomic E-state index is -0.216. The summed E-state index contributed by atoms with van der Waals surface area (Å²) in [5, 5.41) is 3.34. The fourth-order valence-corrected chi connectivity index (χ4v) is 2.14. The molecule has 1 amide bonds. The number of rotatable bonds is 2. The average molecular weight is 287 g/mol. The molecule has 0 spiro atoms. The highest BCUT2D eigenvalue weighted by molar-refractivity contribution is 6.31. The van der Waals surface area contributed by atoms with Crippen LogP contribution in [0, 0.1) is 6.92 Å². The monoisotopic (exact) mass is 286 g/mol. The topological polar surface area (TPSA) is 55.1 Å². The molecule has 0 aliphatic carbocycles. The van der Waals surface area contributed by atoms with Gasteiger partial charge in [-0.15, -0.1) is 0 Å². The molecule has 5 heteroatoms. The minimum Gasteiger partial charge on any atom is -0.441 e. The van der Waals surface area contributed by atoms with Crippen molar-refractivity contribution in [2.24, 2.45) is 0 Å². The maximum atomic E-state index is 12.1. The van der Waals surface area contributed by atoms with Crippen molar-refractivity contribution in [3.8, 4) is 0 Å². The lowest BCUT2D eigenvalue weighted by Gasteiger charge is -2.05. The van der Waals surface area contributed by atoms with Gasteiger partial charge in [0.05, 0.1) is 0 Å². The summed E-state index contributed by atoms with van der Waals surface area (Å²) in [6, 6.07) is 12.1. The molecule has 1 heterocycles. The molecule has 3 aromatic rings. The Morgan fingerprint density at radius 1 is 1.25 bits per heavy atom. The van der Waals surface area contributed by atoms with E-state index in [0.29, 0.717) is 33.3 Å². The van der Waals surface area contributed by atoms with Gasteiger partial charge in [-0.05, 0) is 36.4 Å². The summed E-state index contributed by atoms with van der Waals surface area (Å²) in [6.07, 6.45) is 0. The summed E-state index contributed by atoms with van der Waals surface area (Å²) in [6.45, 7) is 1.78. The van der Waals surface area contributed by atoms with E-state index in [1.54, 1.807) is 49.4 Å². The Morgan fingerprint density at radius 2 is 2.10 bits per heavy atom. The van der Waals surface area contributed by atoms with Crippen LogP contribution >= 0.6 is 11.6 Å². The van der Waals surface area contributed by atoms with Crippen LogP contribution in [0.25, 0.3) is 11.1 Å². The van der Waals surface area contributed by atoms with Gasteiger partial charge < -0.3 is 9.73 Å². The molecular formula is C15H11ClN2O2. The molecular weight excluding hydrogens is 276 g/mol. The zero-order valence-corrected chi connectivity index (χ0v) is 11.4. The van der Waals surface area contributed by atoms with Crippen molar-refractivity contribution in [1.82, 2.24) is 4.98 Å². The number of carbonyl (C=O) groups excluding carboxylic acids is 1. The predicted octanol–water partition coefficient (Wildman–Crippen LogP) is 4.04. The molecule has 2 aromatic carbocycles. The van der Waals surface area contributed by atoms with Crippen LogP contribution in [-0.2, 0) is 0 Å². The number of nitrogens with zero attached hydrogens (tertiary/aromatic N) is 1. The number of benzene rings is 2. The van der Waals surface area contributed by atoms with Gasteiger partial charge in [-0.25, -0.2) is 4.98 Å². The lowest BCUT2D eigenvalue weighted by Crippen LogP contribution is -2.11. The van der Waals surface area contributed by atoms with Gasteiger partial charge in [-0.1, -0.05) is 17.7 Å². The molecule has 0 bridgehead atoms. The van der Waals surface area contributed by atoms with E-state index in [4.69, 9.17) is 16.0 Å². The lowest BCUT2D eigenvalue weighted by molar-refractivity contribution is 0.102. The van der Waals surface area contributed by atoms with Crippen LogP contribution in [0.5, 0.6) is 0 Å². The van der Waals surface area contributed by atoms with E-state index in [1.165, 1.54) is 0 Å². The molecule has 0 aliphatic rings. The average Bonchev–Trinajstić information content (AvgIpc) is 2.78. The maximum absolute atomic E-state index is 12.1. The van der Waals surface area contributed by atoms with E-state index < -0.39 is 0 Å². The smallest absolute Gasteiger partial charge is 0.255 e. The van der Waals surface area contributed by atoms with Gasteiger partial charge in [-0.3, -0.25) is 4.79 Å². The van der Waals surface area contributed by atoms with Crippen molar-refractivity contribution in [2.75, 3.05) is 5.32 Å². The highest BCUT2D eigenvalue weighted by Crippen LogP contribution is 2.20. The molecule has 1 N–H and O–H groups in total. The van der Waals surface area contributed by atoms with Crippen LogP contribution in [0.15, 0.2) is 46.9 Å². The van der Waals surface area contributed by atoms with Crippen molar-refractivity contribution in [1.29, 1.82) is 0 Å². The second-order valence-corrected chi connectivity index (χ2v) is 4.82. The number of aromatic nitrogens is 1. The number of fused-ring (bicyclic) bond motifs is 1. The minimum absolute atomic E-state index is 0.216. The Balaban J connectivity index is 1.87. The number of anilines is 1. The van der Waals surface area contributed by atoms with E-state index in [9.17, 15) is 4.79 Å². The molecule has 0 saturated heterocycles. The number of nitrogens with one attached hydrogen (secondary N) is 1. The summed E-state index contributed by atoms with van der Waals surface area (Å²) >= 11 is 5.87. The second-order valence-electron chi connectivity index (χ2n) is 4.38. The zero-order valence-electron chi connectivity index (χ0n) is 10.7. The number of amides is 1. The zero-order chi connectivity index (χ0) is 14.1. The fourth-order valence-electron chi connectivity index (χ4n) is 1.95. The van der Waals surface area contributed by atoms with Crippen LogP contribution in [0.4, 0.5) is 5.69 Å². The molecule has 0 radical (unpaired) electrons. The first-order valence-corrected chi connectivity index (χ1v) is 6.44. The number of hydrogen-bond donors (Lipinski definition) is 1. The first-order valence-electron chi connectivity index (χ1n) is 6.06. The summed E-state index contributed by atoms with van der Waals surface area (Å²) in [5.74, 6) is 0.380. The highest BCUT2D eigenvalue weighted by Gasteiger charge is 2.08. The van der Waals surface area contributed by atoms with Gasteiger partial charge in [0, 0.05) is 23.2 Å². The number of aryl methyl sites for hydroxylation is 1. The molecule has 0 atom stereocenters. The SMILES string of the molecule is Cc1nc2cc(NC(=O)c3cccc(Cl)c3)ccc2o1.